The van der Waals surface area contributed by atoms with Crippen LogP contribution < -0.4 is 0 Å². The molecule has 5 aromatic rings. The highest BCUT2D eigenvalue weighted by Crippen LogP contribution is 2.34. The molecule has 5 rings (SSSR count). The van der Waals surface area contributed by atoms with Crippen LogP contribution >= 0.6 is 45.5 Å². The predicted molar refractivity (Wildman–Crippen MR) is 211 cm³/mol. The molecule has 3 aromatic carbocycles. The fourth-order valence-electron chi connectivity index (χ4n) is 5.56. The van der Waals surface area contributed by atoms with Crippen molar-refractivity contribution in [3.05, 3.63) is 153 Å². The molecule has 0 bridgehead atoms. The summed E-state index contributed by atoms with van der Waals surface area (Å²) in [4.78, 5) is 39.8. The smallest absolute Gasteiger partial charge is 0.342 e. The molecule has 270 valence electrons. The molecule has 1 unspecified atom stereocenters. The molecule has 1 atom stereocenters. The van der Waals surface area contributed by atoms with E-state index in [1.165, 1.54) is 35.6 Å². The summed E-state index contributed by atoms with van der Waals surface area (Å²) < 4.78 is 38.9. The first kappa shape index (κ1) is 39.2. The Kier molecular flexibility index (Phi) is 13.3. The Bertz CT molecular complexity index is 1960. The minimum Gasteiger partial charge on any atom is -0.342 e. The van der Waals surface area contributed by atoms with Crippen molar-refractivity contribution < 1.29 is 22.8 Å². The van der Waals surface area contributed by atoms with Crippen molar-refractivity contribution in [2.75, 3.05) is 27.2 Å². The van der Waals surface area contributed by atoms with Crippen molar-refractivity contribution in [1.29, 1.82) is 0 Å². The van der Waals surface area contributed by atoms with Gasteiger partial charge in [-0.2, -0.15) is 13.2 Å². The monoisotopic (exact) mass is 856 g/mol. The van der Waals surface area contributed by atoms with Gasteiger partial charge in [0.25, 0.3) is 5.91 Å². The Labute approximate surface area is 324 Å². The van der Waals surface area contributed by atoms with Crippen LogP contribution in [0.25, 0.3) is 17.3 Å². The Balaban J connectivity index is 1.46. The molecule has 0 aliphatic carbocycles. The van der Waals surface area contributed by atoms with Crippen LogP contribution in [-0.2, 0) is 35.3 Å². The fourth-order valence-corrected chi connectivity index (χ4v) is 7.99. The van der Waals surface area contributed by atoms with Crippen molar-refractivity contribution in [3.8, 4) is 11.3 Å². The highest BCUT2D eigenvalue weighted by Gasteiger charge is 2.45. The molecule has 0 saturated heterocycles. The lowest BCUT2D eigenvalue weighted by Gasteiger charge is -2.41. The first-order valence-corrected chi connectivity index (χ1v) is 18.7. The van der Waals surface area contributed by atoms with Crippen LogP contribution in [0.1, 0.15) is 27.1 Å². The van der Waals surface area contributed by atoms with Gasteiger partial charge in [0.2, 0.25) is 5.91 Å². The molecular formula is C40H37ClF3IN4O2S. The fraction of sp³-hybridized carbons (Fsp3) is 0.225. The summed E-state index contributed by atoms with van der Waals surface area (Å²) in [5, 5.41) is 0. The first-order chi connectivity index (χ1) is 24.8. The van der Waals surface area contributed by atoms with E-state index >= 15 is 0 Å². The lowest BCUT2D eigenvalue weighted by molar-refractivity contribution is -0.144. The lowest BCUT2D eigenvalue weighted by atomic mass is 10.0. The predicted octanol–water partition coefficient (Wildman–Crippen LogP) is 9.49. The number of hydrogen-bond acceptors (Lipinski definition) is 5. The maximum Gasteiger partial charge on any atom is 0.416 e. The summed E-state index contributed by atoms with van der Waals surface area (Å²) in [6.45, 7) is 1.74. The van der Waals surface area contributed by atoms with Crippen molar-refractivity contribution in [3.63, 3.8) is 0 Å². The van der Waals surface area contributed by atoms with E-state index < -0.39 is 21.2 Å². The van der Waals surface area contributed by atoms with Gasteiger partial charge in [-0.1, -0.05) is 84.4 Å². The molecule has 0 saturated carbocycles. The third kappa shape index (κ3) is 10.5. The molecule has 6 nitrogen and oxygen atoms in total. The second kappa shape index (κ2) is 17.7. The third-order valence-electron chi connectivity index (χ3n) is 8.43. The van der Waals surface area contributed by atoms with Crippen molar-refractivity contribution in [2.45, 2.75) is 29.2 Å². The molecule has 0 radical (unpaired) electrons. The number of likely N-dealkylation sites (N-methyl/N-ethyl adjacent to an activating group) is 2. The highest BCUT2D eigenvalue weighted by molar-refractivity contribution is 14.1. The average Bonchev–Trinajstić information content (AvgIpc) is 3.56. The van der Waals surface area contributed by atoms with Crippen LogP contribution in [0.4, 0.5) is 13.2 Å². The molecule has 0 N–H and O–H groups in total. The summed E-state index contributed by atoms with van der Waals surface area (Å²) in [6.07, 6.45) is 0.249. The summed E-state index contributed by atoms with van der Waals surface area (Å²) >= 11 is 9.74. The maximum atomic E-state index is 14.7. The first-order valence-electron chi connectivity index (χ1n) is 16.4. The number of carbonyl (C=O) groups excluding carboxylic acids is 2. The van der Waals surface area contributed by atoms with Crippen LogP contribution in [0.2, 0.25) is 4.34 Å². The molecule has 12 heteroatoms. The molecule has 0 spiro atoms. The number of thiophene rings is 1. The van der Waals surface area contributed by atoms with E-state index in [-0.39, 0.29) is 18.9 Å². The van der Waals surface area contributed by atoms with E-state index in [4.69, 9.17) is 11.6 Å². The zero-order valence-electron chi connectivity index (χ0n) is 28.6. The lowest BCUT2D eigenvalue weighted by Crippen LogP contribution is -2.58. The third-order valence-corrected chi connectivity index (χ3v) is 11.1. The molecule has 2 amide bonds. The summed E-state index contributed by atoms with van der Waals surface area (Å²) in [7, 11) is 3.71. The van der Waals surface area contributed by atoms with Crippen molar-refractivity contribution in [1.82, 2.24) is 19.7 Å². The van der Waals surface area contributed by atoms with E-state index in [2.05, 4.69) is 32.5 Å². The number of nitrogens with zero attached hydrogens (tertiary/aromatic N) is 4. The van der Waals surface area contributed by atoms with Gasteiger partial charge in [0, 0.05) is 62.4 Å². The molecule has 2 aromatic heterocycles. The van der Waals surface area contributed by atoms with E-state index in [1.54, 1.807) is 23.0 Å². The summed E-state index contributed by atoms with van der Waals surface area (Å²) in [5.74, 6) is -0.724. The maximum absolute atomic E-state index is 14.7. The number of carbonyl (C=O) groups is 2. The van der Waals surface area contributed by atoms with Gasteiger partial charge < -0.3 is 9.80 Å². The normalized spacial score (nSPS) is 12.9. The van der Waals surface area contributed by atoms with Gasteiger partial charge in [-0.25, -0.2) is 0 Å². The van der Waals surface area contributed by atoms with Crippen molar-refractivity contribution >= 4 is 63.4 Å². The quantitative estimate of drug-likeness (QED) is 0.0484. The Morgan fingerprint density at radius 2 is 1.52 bits per heavy atom. The van der Waals surface area contributed by atoms with E-state index in [9.17, 15) is 22.8 Å². The van der Waals surface area contributed by atoms with Crippen LogP contribution in [-0.4, -0.2) is 62.2 Å². The minimum absolute atomic E-state index is 0.0904. The molecule has 0 aliphatic heterocycles. The number of benzene rings is 3. The molecule has 52 heavy (non-hydrogen) atoms. The Hall–Kier alpha value is -4.04. The average molecular weight is 857 g/mol. The van der Waals surface area contributed by atoms with Gasteiger partial charge in [0.15, 0.2) is 3.55 Å². The van der Waals surface area contributed by atoms with Crippen molar-refractivity contribution in [2.24, 2.45) is 0 Å². The zero-order chi connectivity index (χ0) is 37.3. The standard InChI is InChI=1S/C40H37ClF3IN4O2S/c1-47(28-34-20-21-36(41)52-34)24-25-48(2)38(51)39(45,26-30-8-4-3-5-9-30)49(27-31-11-16-32(17-12-31)35-10-6-7-23-46-35)37(50)22-15-29-13-18-33(19-14-29)40(42,43)44/h3-23H,24-28H2,1-2H3. The number of rotatable bonds is 14. The number of alkyl halides is 4. The topological polar surface area (TPSA) is 56.8 Å². The largest absolute Gasteiger partial charge is 0.416 e. The number of pyridine rings is 1. The number of hydrogen-bond donors (Lipinski definition) is 0. The second-order valence-electron chi connectivity index (χ2n) is 12.4. The molecular weight excluding hydrogens is 820 g/mol. The molecule has 2 heterocycles. The zero-order valence-corrected chi connectivity index (χ0v) is 32.3. The number of halogens is 5. The van der Waals surface area contributed by atoms with Crippen LogP contribution in [0, 0.1) is 0 Å². The minimum atomic E-state index is -4.47. The Morgan fingerprint density at radius 1 is 0.827 bits per heavy atom. The molecule has 0 fully saturated rings. The number of amides is 2. The molecule has 0 aliphatic rings. The van der Waals surface area contributed by atoms with Crippen LogP contribution in [0.15, 0.2) is 121 Å². The SMILES string of the molecule is CN(CCN(C)C(=O)C(I)(Cc1ccccc1)N(Cc1ccc(-c2ccccn2)cc1)C(=O)C=Cc1ccc(C(F)(F)F)cc1)Cc1ccc(Cl)s1. The van der Waals surface area contributed by atoms with Crippen LogP contribution in [0.5, 0.6) is 0 Å². The van der Waals surface area contributed by atoms with Gasteiger partial charge in [-0.15, -0.1) is 11.3 Å². The highest BCUT2D eigenvalue weighted by atomic mass is 127. The van der Waals surface area contributed by atoms with E-state index in [0.717, 1.165) is 43.7 Å². The van der Waals surface area contributed by atoms with E-state index in [1.807, 2.05) is 92.0 Å². The second-order valence-corrected chi connectivity index (χ2v) is 16.0. The van der Waals surface area contributed by atoms with Gasteiger partial charge in [-0.05, 0) is 88.8 Å². The summed E-state index contributed by atoms with van der Waals surface area (Å²) in [6, 6.07) is 31.3. The Morgan fingerprint density at radius 3 is 2.13 bits per heavy atom. The summed E-state index contributed by atoms with van der Waals surface area (Å²) in [5.41, 5.74) is 2.99. The number of aromatic nitrogens is 1. The van der Waals surface area contributed by atoms with Gasteiger partial charge >= 0.3 is 6.18 Å². The van der Waals surface area contributed by atoms with Gasteiger partial charge in [-0.3, -0.25) is 19.5 Å². The van der Waals surface area contributed by atoms with Gasteiger partial charge in [0.05, 0.1) is 15.6 Å². The van der Waals surface area contributed by atoms with Gasteiger partial charge in [0.1, 0.15) is 0 Å². The van der Waals surface area contributed by atoms with E-state index in [0.29, 0.717) is 25.2 Å². The van der Waals surface area contributed by atoms with Crippen LogP contribution in [0.3, 0.4) is 0 Å².